The Balaban J connectivity index is 2.02. The largest absolute Gasteiger partial charge is 0.444 e. The van der Waals surface area contributed by atoms with Crippen molar-refractivity contribution in [1.82, 2.24) is 9.88 Å². The summed E-state index contributed by atoms with van der Waals surface area (Å²) in [6.07, 6.45) is 3.53. The summed E-state index contributed by atoms with van der Waals surface area (Å²) in [5, 5.41) is 11.0. The molecule has 1 aromatic heterocycles. The number of nitrogens with zero attached hydrogens (tertiary/aromatic N) is 3. The van der Waals surface area contributed by atoms with E-state index in [1.807, 2.05) is 20.8 Å². The molecule has 208 valence electrons. The third-order valence-corrected chi connectivity index (χ3v) is 11.9. The van der Waals surface area contributed by atoms with Crippen LogP contribution in [0.25, 0.3) is 0 Å². The van der Waals surface area contributed by atoms with Crippen LogP contribution in [0.5, 0.6) is 0 Å². The number of amides is 1. The zero-order valence-electron chi connectivity index (χ0n) is 23.7. The topological polar surface area (TPSA) is 94.8 Å². The number of nitro groups is 1. The first-order valence-corrected chi connectivity index (χ1v) is 15.9. The van der Waals surface area contributed by atoms with Gasteiger partial charge < -0.3 is 9.16 Å². The van der Waals surface area contributed by atoms with Gasteiger partial charge in [-0.05, 0) is 69.8 Å². The fourth-order valence-corrected chi connectivity index (χ4v) is 5.76. The lowest BCUT2D eigenvalue weighted by Gasteiger charge is -2.43. The molecule has 1 aliphatic heterocycles. The molecule has 10 heteroatoms. The second kappa shape index (κ2) is 11.1. The van der Waals surface area contributed by atoms with Gasteiger partial charge in [0, 0.05) is 29.9 Å². The smallest absolute Gasteiger partial charge is 0.410 e. The summed E-state index contributed by atoms with van der Waals surface area (Å²) >= 11 is 0. The van der Waals surface area contributed by atoms with Gasteiger partial charge in [0.05, 0.1) is 23.3 Å². The molecule has 1 fully saturated rings. The minimum absolute atomic E-state index is 0.0171. The molecule has 0 radical (unpaired) electrons. The molecule has 1 saturated heterocycles. The molecule has 0 N–H and O–H groups in total. The Kier molecular flexibility index (Phi) is 8.67. The van der Waals surface area contributed by atoms with Crippen molar-refractivity contribution in [2.45, 2.75) is 103 Å². The van der Waals surface area contributed by atoms with E-state index in [0.717, 1.165) is 11.8 Å². The standard InChI is InChI=1S/C28H40FN3O5Si/c1-27(2,3)36-26(33)31-23(15-19-9-11-22(12-10-19)32(34)35)13-14-24(31)25(20-16-21(29)18-30-17-20)37-38(7,8)28(4,5)6/h9-12,16-18,23-25H,13-15H2,1-8H3/t23-,24+,25+/m0/s1. The third kappa shape index (κ3) is 7.16. The first-order chi connectivity index (χ1) is 17.5. The lowest BCUT2D eigenvalue weighted by molar-refractivity contribution is -0.384. The average molecular weight is 546 g/mol. The highest BCUT2D eigenvalue weighted by atomic mass is 28.4. The highest BCUT2D eigenvalue weighted by Gasteiger charge is 2.48. The van der Waals surface area contributed by atoms with Crippen molar-refractivity contribution >= 4 is 20.1 Å². The van der Waals surface area contributed by atoms with Crippen LogP contribution in [0.15, 0.2) is 42.7 Å². The number of halogens is 1. The zero-order valence-corrected chi connectivity index (χ0v) is 24.7. The number of rotatable bonds is 7. The van der Waals surface area contributed by atoms with Gasteiger partial charge >= 0.3 is 6.09 Å². The molecule has 1 amide bonds. The van der Waals surface area contributed by atoms with Gasteiger partial charge in [0.15, 0.2) is 8.32 Å². The molecular weight excluding hydrogens is 505 g/mol. The Hall–Kier alpha value is -2.85. The fraction of sp³-hybridized carbons (Fsp3) is 0.571. The molecule has 2 heterocycles. The van der Waals surface area contributed by atoms with Crippen LogP contribution in [0.1, 0.15) is 71.6 Å². The maximum Gasteiger partial charge on any atom is 0.410 e. The van der Waals surface area contributed by atoms with Crippen molar-refractivity contribution in [3.8, 4) is 0 Å². The van der Waals surface area contributed by atoms with E-state index in [1.54, 1.807) is 23.2 Å². The molecule has 0 unspecified atom stereocenters. The van der Waals surface area contributed by atoms with Crippen LogP contribution in [-0.4, -0.2) is 46.9 Å². The Morgan fingerprint density at radius 3 is 2.32 bits per heavy atom. The minimum Gasteiger partial charge on any atom is -0.444 e. The number of nitro benzene ring substituents is 1. The van der Waals surface area contributed by atoms with Crippen LogP contribution in [-0.2, 0) is 15.6 Å². The highest BCUT2D eigenvalue weighted by Crippen LogP contribution is 2.44. The number of pyridine rings is 1. The summed E-state index contributed by atoms with van der Waals surface area (Å²) in [4.78, 5) is 30.1. The quantitative estimate of drug-likeness (QED) is 0.207. The van der Waals surface area contributed by atoms with Gasteiger partial charge in [-0.2, -0.15) is 0 Å². The molecule has 0 saturated carbocycles. The molecule has 8 nitrogen and oxygen atoms in total. The lowest BCUT2D eigenvalue weighted by Crippen LogP contribution is -2.50. The summed E-state index contributed by atoms with van der Waals surface area (Å²) in [5.74, 6) is -0.462. The SMILES string of the molecule is CC(C)(C)OC(=O)N1[C@H](Cc2ccc([N+](=O)[O-])cc2)CC[C@@H]1[C@H](O[Si](C)(C)C(C)(C)C)c1cncc(F)c1. The first kappa shape index (κ1) is 29.7. The molecule has 0 spiro atoms. The molecular formula is C28H40FN3O5Si. The van der Waals surface area contributed by atoms with Crippen LogP contribution in [0.3, 0.4) is 0 Å². The molecule has 0 aliphatic carbocycles. The number of hydrogen-bond donors (Lipinski definition) is 0. The number of carbonyl (C=O) groups excluding carboxylic acids is 1. The van der Waals surface area contributed by atoms with Crippen molar-refractivity contribution < 1.29 is 23.3 Å². The Labute approximate surface area is 225 Å². The number of carbonyl (C=O) groups is 1. The summed E-state index contributed by atoms with van der Waals surface area (Å²) in [6.45, 7) is 16.1. The molecule has 1 aromatic carbocycles. The molecule has 38 heavy (non-hydrogen) atoms. The molecule has 0 bridgehead atoms. The number of benzene rings is 1. The molecule has 3 atom stereocenters. The summed E-state index contributed by atoms with van der Waals surface area (Å²) in [5.41, 5.74) is 0.773. The summed E-state index contributed by atoms with van der Waals surface area (Å²) in [7, 11) is -2.35. The molecule has 2 aromatic rings. The number of ether oxygens (including phenoxy) is 1. The van der Waals surface area contributed by atoms with E-state index in [0.29, 0.717) is 24.8 Å². The first-order valence-electron chi connectivity index (χ1n) is 13.0. The second-order valence-corrected chi connectivity index (χ2v) is 17.3. The molecule has 1 aliphatic rings. The number of likely N-dealkylation sites (tertiary alicyclic amines) is 1. The van der Waals surface area contributed by atoms with Crippen molar-refractivity contribution in [3.63, 3.8) is 0 Å². The Bertz CT molecular complexity index is 1140. The van der Waals surface area contributed by atoms with Crippen molar-refractivity contribution in [2.75, 3.05) is 0 Å². The van der Waals surface area contributed by atoms with Gasteiger partial charge in [0.25, 0.3) is 5.69 Å². The third-order valence-electron chi connectivity index (χ3n) is 7.40. The fourth-order valence-electron chi connectivity index (χ4n) is 4.48. The van der Waals surface area contributed by atoms with Gasteiger partial charge in [0.1, 0.15) is 11.4 Å². The normalized spacial score (nSPS) is 19.3. The van der Waals surface area contributed by atoms with Crippen LogP contribution < -0.4 is 0 Å². The highest BCUT2D eigenvalue weighted by molar-refractivity contribution is 6.74. The van der Waals surface area contributed by atoms with Crippen LogP contribution in [0.4, 0.5) is 14.9 Å². The number of hydrogen-bond acceptors (Lipinski definition) is 6. The summed E-state index contributed by atoms with van der Waals surface area (Å²) in [6, 6.07) is 7.20. The lowest BCUT2D eigenvalue weighted by atomic mass is 10.0. The predicted molar refractivity (Wildman–Crippen MR) is 147 cm³/mol. The van der Waals surface area contributed by atoms with Crippen LogP contribution >= 0.6 is 0 Å². The van der Waals surface area contributed by atoms with E-state index in [9.17, 15) is 19.3 Å². The number of non-ortho nitro benzene ring substituents is 1. The predicted octanol–water partition coefficient (Wildman–Crippen LogP) is 7.20. The Morgan fingerprint density at radius 1 is 1.16 bits per heavy atom. The van der Waals surface area contributed by atoms with E-state index < -0.39 is 42.9 Å². The van der Waals surface area contributed by atoms with E-state index in [4.69, 9.17) is 9.16 Å². The minimum atomic E-state index is -2.35. The maximum absolute atomic E-state index is 14.4. The van der Waals surface area contributed by atoms with E-state index in [1.165, 1.54) is 18.2 Å². The van der Waals surface area contributed by atoms with E-state index >= 15 is 0 Å². The van der Waals surface area contributed by atoms with Crippen molar-refractivity contribution in [1.29, 1.82) is 0 Å². The van der Waals surface area contributed by atoms with Gasteiger partial charge in [-0.3, -0.25) is 20.0 Å². The van der Waals surface area contributed by atoms with E-state index in [-0.39, 0.29) is 16.8 Å². The summed E-state index contributed by atoms with van der Waals surface area (Å²) < 4.78 is 27.1. The second-order valence-electron chi connectivity index (χ2n) is 12.5. The van der Waals surface area contributed by atoms with E-state index in [2.05, 4.69) is 38.8 Å². The van der Waals surface area contributed by atoms with Crippen molar-refractivity contribution in [3.05, 3.63) is 69.8 Å². The van der Waals surface area contributed by atoms with Crippen molar-refractivity contribution in [2.24, 2.45) is 0 Å². The van der Waals surface area contributed by atoms with Crippen LogP contribution in [0, 0.1) is 15.9 Å². The van der Waals surface area contributed by atoms with Gasteiger partial charge in [-0.25, -0.2) is 9.18 Å². The molecule has 3 rings (SSSR count). The maximum atomic E-state index is 14.4. The van der Waals surface area contributed by atoms with Crippen LogP contribution in [0.2, 0.25) is 18.1 Å². The average Bonchev–Trinajstić information content (AvgIpc) is 3.19. The van der Waals surface area contributed by atoms with Gasteiger partial charge in [0.2, 0.25) is 0 Å². The van der Waals surface area contributed by atoms with Gasteiger partial charge in [-0.1, -0.05) is 32.9 Å². The Morgan fingerprint density at radius 2 is 1.79 bits per heavy atom. The number of aromatic nitrogens is 1. The zero-order chi connectivity index (χ0) is 28.5. The monoisotopic (exact) mass is 545 g/mol. The van der Waals surface area contributed by atoms with Gasteiger partial charge in [-0.15, -0.1) is 0 Å².